The number of nitrogens with two attached hydrogens (primary N) is 1. The average Bonchev–Trinajstić information content (AvgIpc) is 2.26. The molecule has 1 unspecified atom stereocenters. The van der Waals surface area contributed by atoms with Crippen molar-refractivity contribution in [2.45, 2.75) is 6.10 Å². The lowest BCUT2D eigenvalue weighted by Gasteiger charge is -2.11. The van der Waals surface area contributed by atoms with Gasteiger partial charge in [-0.15, -0.1) is 0 Å². The van der Waals surface area contributed by atoms with Crippen LogP contribution in [0, 0.1) is 10.1 Å². The van der Waals surface area contributed by atoms with Crippen LogP contribution in [0.25, 0.3) is 0 Å². The van der Waals surface area contributed by atoms with Crippen LogP contribution in [0.1, 0.15) is 0 Å². The SMILES string of the molecule is NCC(O)COc1c(Br)cccc1[N+](=O)[O-]. The van der Waals surface area contributed by atoms with Gasteiger partial charge in [-0.1, -0.05) is 6.07 Å². The number of nitro benzene ring substituents is 1. The Morgan fingerprint density at radius 3 is 2.88 bits per heavy atom. The van der Waals surface area contributed by atoms with Crippen LogP contribution >= 0.6 is 15.9 Å². The van der Waals surface area contributed by atoms with Crippen molar-refractivity contribution in [1.29, 1.82) is 0 Å². The summed E-state index contributed by atoms with van der Waals surface area (Å²) < 4.78 is 5.63. The second-order valence-corrected chi connectivity index (χ2v) is 3.90. The van der Waals surface area contributed by atoms with Crippen molar-refractivity contribution in [3.8, 4) is 5.75 Å². The Morgan fingerprint density at radius 1 is 1.62 bits per heavy atom. The monoisotopic (exact) mass is 290 g/mol. The van der Waals surface area contributed by atoms with Crippen molar-refractivity contribution in [2.24, 2.45) is 5.73 Å². The molecule has 88 valence electrons. The zero-order valence-corrected chi connectivity index (χ0v) is 9.88. The fourth-order valence-electron chi connectivity index (χ4n) is 1.03. The standard InChI is InChI=1S/C9H11BrN2O4/c10-7-2-1-3-8(12(14)15)9(7)16-5-6(13)4-11/h1-3,6,13H,4-5,11H2. The smallest absolute Gasteiger partial charge is 0.312 e. The highest BCUT2D eigenvalue weighted by Crippen LogP contribution is 2.34. The first-order valence-electron chi connectivity index (χ1n) is 4.50. The van der Waals surface area contributed by atoms with Gasteiger partial charge in [0.15, 0.2) is 0 Å². The predicted molar refractivity (Wildman–Crippen MR) is 61.4 cm³/mol. The highest BCUT2D eigenvalue weighted by Gasteiger charge is 2.18. The summed E-state index contributed by atoms with van der Waals surface area (Å²) in [6.45, 7) is -0.0434. The van der Waals surface area contributed by atoms with E-state index in [1.807, 2.05) is 0 Å². The van der Waals surface area contributed by atoms with Crippen molar-refractivity contribution in [3.63, 3.8) is 0 Å². The quantitative estimate of drug-likeness (QED) is 0.624. The third kappa shape index (κ3) is 3.16. The summed E-state index contributed by atoms with van der Waals surface area (Å²) in [5, 5.41) is 19.9. The molecule has 0 spiro atoms. The number of halogens is 1. The molecule has 7 heteroatoms. The Balaban J connectivity index is 2.88. The molecule has 6 nitrogen and oxygen atoms in total. The highest BCUT2D eigenvalue weighted by atomic mass is 79.9. The van der Waals surface area contributed by atoms with Crippen LogP contribution in [-0.2, 0) is 0 Å². The van der Waals surface area contributed by atoms with Crippen molar-refractivity contribution in [1.82, 2.24) is 0 Å². The maximum absolute atomic E-state index is 10.7. The van der Waals surface area contributed by atoms with Crippen molar-refractivity contribution >= 4 is 21.6 Å². The second-order valence-electron chi connectivity index (χ2n) is 3.05. The molecule has 0 aliphatic carbocycles. The number of rotatable bonds is 5. The van der Waals surface area contributed by atoms with Gasteiger partial charge in [0.1, 0.15) is 12.7 Å². The normalized spacial score (nSPS) is 12.2. The number of hydrogen-bond acceptors (Lipinski definition) is 5. The number of benzene rings is 1. The van der Waals surface area contributed by atoms with Crippen LogP contribution in [0.2, 0.25) is 0 Å². The molecule has 0 aliphatic rings. The minimum absolute atomic E-state index is 0.0399. The van der Waals surface area contributed by atoms with Gasteiger partial charge in [0.25, 0.3) is 0 Å². The molecule has 0 saturated heterocycles. The molecule has 0 fully saturated rings. The first-order chi connectivity index (χ1) is 7.56. The maximum Gasteiger partial charge on any atom is 0.312 e. The molecule has 16 heavy (non-hydrogen) atoms. The zero-order chi connectivity index (χ0) is 12.1. The van der Waals surface area contributed by atoms with E-state index in [0.29, 0.717) is 4.47 Å². The van der Waals surface area contributed by atoms with E-state index in [1.165, 1.54) is 12.1 Å². The highest BCUT2D eigenvalue weighted by molar-refractivity contribution is 9.10. The number of ether oxygens (including phenoxy) is 1. The molecule has 3 N–H and O–H groups in total. The van der Waals surface area contributed by atoms with Crippen LogP contribution in [0.15, 0.2) is 22.7 Å². The lowest BCUT2D eigenvalue weighted by atomic mass is 10.3. The number of aliphatic hydroxyl groups is 1. The zero-order valence-electron chi connectivity index (χ0n) is 8.30. The van der Waals surface area contributed by atoms with Gasteiger partial charge >= 0.3 is 5.69 Å². The van der Waals surface area contributed by atoms with Gasteiger partial charge in [0.2, 0.25) is 5.75 Å². The van der Waals surface area contributed by atoms with Crippen LogP contribution in [-0.4, -0.2) is 29.3 Å². The maximum atomic E-state index is 10.7. The van der Waals surface area contributed by atoms with Gasteiger partial charge in [-0.25, -0.2) is 0 Å². The lowest BCUT2D eigenvalue weighted by molar-refractivity contribution is -0.386. The van der Waals surface area contributed by atoms with Crippen LogP contribution in [0.5, 0.6) is 5.75 Å². The summed E-state index contributed by atoms with van der Waals surface area (Å²) in [7, 11) is 0. The van der Waals surface area contributed by atoms with E-state index in [0.717, 1.165) is 0 Å². The van der Waals surface area contributed by atoms with E-state index in [9.17, 15) is 15.2 Å². The van der Waals surface area contributed by atoms with Gasteiger partial charge in [-0.05, 0) is 22.0 Å². The molecule has 1 rings (SSSR count). The molecule has 0 aromatic heterocycles. The first kappa shape index (κ1) is 12.9. The Labute approximate surface area is 100 Å². The molecule has 0 aliphatic heterocycles. The fraction of sp³-hybridized carbons (Fsp3) is 0.333. The summed E-state index contributed by atoms with van der Waals surface area (Å²) in [4.78, 5) is 10.2. The molecule has 1 aromatic carbocycles. The van der Waals surface area contributed by atoms with Gasteiger partial charge in [0, 0.05) is 12.6 Å². The number of para-hydroxylation sites is 1. The Hall–Kier alpha value is -1.18. The lowest BCUT2D eigenvalue weighted by Crippen LogP contribution is -2.26. The minimum Gasteiger partial charge on any atom is -0.483 e. The molecular weight excluding hydrogens is 280 g/mol. The third-order valence-corrected chi connectivity index (χ3v) is 2.46. The van der Waals surface area contributed by atoms with Gasteiger partial charge in [0.05, 0.1) is 9.40 Å². The van der Waals surface area contributed by atoms with Gasteiger partial charge < -0.3 is 15.6 Å². The van der Waals surface area contributed by atoms with E-state index in [1.54, 1.807) is 6.07 Å². The molecule has 0 bridgehead atoms. The molecule has 0 heterocycles. The average molecular weight is 291 g/mol. The molecule has 1 aromatic rings. The predicted octanol–water partition coefficient (Wildman–Crippen LogP) is 1.06. The van der Waals surface area contributed by atoms with E-state index < -0.39 is 11.0 Å². The summed E-state index contributed by atoms with van der Waals surface area (Å²) in [5.41, 5.74) is 5.04. The summed E-state index contributed by atoms with van der Waals surface area (Å²) in [6.07, 6.45) is -0.841. The van der Waals surface area contributed by atoms with Gasteiger partial charge in [-0.2, -0.15) is 0 Å². The van der Waals surface area contributed by atoms with E-state index in [-0.39, 0.29) is 24.6 Å². The Kier molecular flexibility index (Phi) is 4.66. The molecule has 1 atom stereocenters. The molecule has 0 amide bonds. The van der Waals surface area contributed by atoms with Crippen molar-refractivity contribution < 1.29 is 14.8 Å². The molecule has 0 saturated carbocycles. The summed E-state index contributed by atoms with van der Waals surface area (Å²) in [6, 6.07) is 4.49. The molecule has 0 radical (unpaired) electrons. The van der Waals surface area contributed by atoms with Crippen molar-refractivity contribution in [2.75, 3.05) is 13.2 Å². The fourth-order valence-corrected chi connectivity index (χ4v) is 1.50. The summed E-state index contributed by atoms with van der Waals surface area (Å²) in [5.74, 6) is 0.0972. The van der Waals surface area contributed by atoms with Crippen molar-refractivity contribution in [3.05, 3.63) is 32.8 Å². The number of nitrogens with zero attached hydrogens (tertiary/aromatic N) is 1. The van der Waals surface area contributed by atoms with Crippen LogP contribution < -0.4 is 10.5 Å². The third-order valence-electron chi connectivity index (χ3n) is 1.84. The Bertz CT molecular complexity index is 386. The number of nitro groups is 1. The largest absolute Gasteiger partial charge is 0.483 e. The summed E-state index contributed by atoms with van der Waals surface area (Å²) >= 11 is 3.15. The van der Waals surface area contributed by atoms with E-state index >= 15 is 0 Å². The van der Waals surface area contributed by atoms with E-state index in [4.69, 9.17) is 10.5 Å². The Morgan fingerprint density at radius 2 is 2.31 bits per heavy atom. The van der Waals surface area contributed by atoms with Gasteiger partial charge in [-0.3, -0.25) is 10.1 Å². The first-order valence-corrected chi connectivity index (χ1v) is 5.29. The molecular formula is C9H11BrN2O4. The minimum atomic E-state index is -0.841. The van der Waals surface area contributed by atoms with E-state index in [2.05, 4.69) is 15.9 Å². The topological polar surface area (TPSA) is 98.6 Å². The second kappa shape index (κ2) is 5.78. The number of aliphatic hydroxyl groups excluding tert-OH is 1. The van der Waals surface area contributed by atoms with Crippen LogP contribution in [0.4, 0.5) is 5.69 Å². The van der Waals surface area contributed by atoms with Crippen LogP contribution in [0.3, 0.4) is 0 Å². The number of hydrogen-bond donors (Lipinski definition) is 2.